The van der Waals surface area contributed by atoms with E-state index in [4.69, 9.17) is 9.47 Å². The number of benzene rings is 1. The van der Waals surface area contributed by atoms with E-state index in [1.54, 1.807) is 7.11 Å². The summed E-state index contributed by atoms with van der Waals surface area (Å²) in [5.41, 5.74) is 3.86. The van der Waals surface area contributed by atoms with Crippen LogP contribution in [0.15, 0.2) is 18.2 Å². The number of hydrogen-bond acceptors (Lipinski definition) is 4. The molecule has 0 saturated carbocycles. The van der Waals surface area contributed by atoms with Crippen LogP contribution in [0.1, 0.15) is 36.9 Å². The van der Waals surface area contributed by atoms with Crippen molar-refractivity contribution in [3.63, 3.8) is 0 Å². The van der Waals surface area contributed by atoms with Gasteiger partial charge in [-0.3, -0.25) is 4.79 Å². The topological polar surface area (TPSA) is 66.6 Å². The molecule has 0 unspecified atom stereocenters. The number of fused-ring (bicyclic) bond motifs is 4. The van der Waals surface area contributed by atoms with E-state index in [0.29, 0.717) is 5.91 Å². The third kappa shape index (κ3) is 2.90. The number of nitrogens with one attached hydrogen (secondary N) is 2. The maximum absolute atomic E-state index is 12.9. The molecule has 0 atom stereocenters. The zero-order chi connectivity index (χ0) is 19.1. The van der Waals surface area contributed by atoms with E-state index in [1.165, 1.54) is 22.2 Å². The first-order valence-electron chi connectivity index (χ1n) is 10.5. The molecule has 28 heavy (non-hydrogen) atoms. The molecule has 1 aromatic heterocycles. The van der Waals surface area contributed by atoms with Crippen LogP contribution in [0, 0.1) is 5.92 Å². The third-order valence-corrected chi connectivity index (χ3v) is 6.93. The molecule has 6 nitrogen and oxygen atoms in total. The number of aromatic amines is 1. The number of nitrogens with zero attached hydrogens (tertiary/aromatic N) is 1. The zero-order valence-corrected chi connectivity index (χ0v) is 16.6. The minimum Gasteiger partial charge on any atom is -0.497 e. The first-order valence-corrected chi connectivity index (χ1v) is 10.5. The molecule has 5 rings (SSSR count). The number of carbonyl (C=O) groups is 1. The number of carbonyl (C=O) groups excluding carboxylic acids is 1. The van der Waals surface area contributed by atoms with Crippen molar-refractivity contribution in [2.45, 2.75) is 37.6 Å². The maximum atomic E-state index is 12.9. The van der Waals surface area contributed by atoms with E-state index in [-0.39, 0.29) is 11.5 Å². The van der Waals surface area contributed by atoms with E-state index in [0.717, 1.165) is 70.7 Å². The molecule has 0 radical (unpaired) electrons. The number of piperidine rings is 1. The Hall–Kier alpha value is -2.05. The van der Waals surface area contributed by atoms with Crippen LogP contribution in [0.25, 0.3) is 10.9 Å². The summed E-state index contributed by atoms with van der Waals surface area (Å²) in [6.07, 6.45) is 4.67. The zero-order valence-electron chi connectivity index (χ0n) is 16.6. The highest BCUT2D eigenvalue weighted by molar-refractivity contribution is 5.87. The number of amides is 1. The van der Waals surface area contributed by atoms with Crippen LogP contribution in [0.4, 0.5) is 0 Å². The molecule has 4 heterocycles. The average molecular weight is 383 g/mol. The second-order valence-electron chi connectivity index (χ2n) is 8.36. The maximum Gasteiger partial charge on any atom is 0.225 e. The molecule has 1 aromatic carbocycles. The number of ether oxygens (including phenoxy) is 2. The van der Waals surface area contributed by atoms with Crippen LogP contribution in [0.3, 0.4) is 0 Å². The van der Waals surface area contributed by atoms with Crippen LogP contribution in [0.2, 0.25) is 0 Å². The number of likely N-dealkylation sites (tertiary alicyclic amines) is 1. The Balaban J connectivity index is 1.38. The summed E-state index contributed by atoms with van der Waals surface area (Å²) in [5.74, 6) is 1.38. The third-order valence-electron chi connectivity index (χ3n) is 6.93. The van der Waals surface area contributed by atoms with E-state index >= 15 is 0 Å². The molecule has 2 saturated heterocycles. The van der Waals surface area contributed by atoms with Crippen molar-refractivity contribution >= 4 is 16.8 Å². The van der Waals surface area contributed by atoms with Crippen molar-refractivity contribution in [1.29, 1.82) is 0 Å². The fourth-order valence-corrected chi connectivity index (χ4v) is 5.28. The van der Waals surface area contributed by atoms with Crippen molar-refractivity contribution < 1.29 is 14.3 Å². The predicted molar refractivity (Wildman–Crippen MR) is 108 cm³/mol. The van der Waals surface area contributed by atoms with Gasteiger partial charge >= 0.3 is 0 Å². The predicted octanol–water partition coefficient (Wildman–Crippen LogP) is 2.57. The number of aromatic nitrogens is 1. The van der Waals surface area contributed by atoms with Gasteiger partial charge < -0.3 is 24.7 Å². The Morgan fingerprint density at radius 2 is 2.04 bits per heavy atom. The Morgan fingerprint density at radius 3 is 2.79 bits per heavy atom. The van der Waals surface area contributed by atoms with Crippen LogP contribution in [-0.4, -0.2) is 55.7 Å². The average Bonchev–Trinajstić information content (AvgIpc) is 3.14. The molecule has 3 aliphatic rings. The van der Waals surface area contributed by atoms with Crippen LogP contribution in [0.5, 0.6) is 5.75 Å². The second-order valence-corrected chi connectivity index (χ2v) is 8.36. The highest BCUT2D eigenvalue weighted by Crippen LogP contribution is 2.41. The highest BCUT2D eigenvalue weighted by atomic mass is 16.5. The minimum absolute atomic E-state index is 0.0493. The standard InChI is InChI=1S/C22H29N3O3/c1-27-16-2-3-19-18(14-16)17-4-9-23-22(20(17)24-19)7-10-25(11-8-22)21(26)15-5-12-28-13-6-15/h2-3,14-15,23-24H,4-13H2,1H3. The highest BCUT2D eigenvalue weighted by Gasteiger charge is 2.42. The molecule has 2 N–H and O–H groups in total. The number of rotatable bonds is 2. The van der Waals surface area contributed by atoms with Gasteiger partial charge in [0.2, 0.25) is 5.91 Å². The van der Waals surface area contributed by atoms with Gasteiger partial charge in [-0.2, -0.15) is 0 Å². The van der Waals surface area contributed by atoms with Crippen molar-refractivity contribution in [3.8, 4) is 5.75 Å². The Kier molecular flexibility index (Phi) is 4.56. The lowest BCUT2D eigenvalue weighted by Crippen LogP contribution is -2.55. The minimum atomic E-state index is -0.0493. The van der Waals surface area contributed by atoms with Gasteiger partial charge in [0.25, 0.3) is 0 Å². The molecule has 0 bridgehead atoms. The monoisotopic (exact) mass is 383 g/mol. The van der Waals surface area contributed by atoms with Gasteiger partial charge in [-0.05, 0) is 55.9 Å². The molecule has 6 heteroatoms. The van der Waals surface area contributed by atoms with Gasteiger partial charge in [-0.1, -0.05) is 0 Å². The molecule has 3 aliphatic heterocycles. The quantitative estimate of drug-likeness (QED) is 0.837. The molecule has 1 amide bonds. The summed E-state index contributed by atoms with van der Waals surface area (Å²) in [6.45, 7) is 4.06. The van der Waals surface area contributed by atoms with Crippen molar-refractivity contribution in [3.05, 3.63) is 29.5 Å². The second kappa shape index (κ2) is 7.08. The molecular formula is C22H29N3O3. The number of hydrogen-bond donors (Lipinski definition) is 2. The molecular weight excluding hydrogens is 354 g/mol. The summed E-state index contributed by atoms with van der Waals surface area (Å²) < 4.78 is 10.9. The summed E-state index contributed by atoms with van der Waals surface area (Å²) >= 11 is 0. The Bertz CT molecular complexity index is 877. The lowest BCUT2D eigenvalue weighted by Gasteiger charge is -2.45. The van der Waals surface area contributed by atoms with Gasteiger partial charge in [0.05, 0.1) is 12.6 Å². The first kappa shape index (κ1) is 18.0. The summed E-state index contributed by atoms with van der Waals surface area (Å²) in [5, 5.41) is 5.07. The molecule has 150 valence electrons. The number of H-pyrrole nitrogens is 1. The first-order chi connectivity index (χ1) is 13.7. The smallest absolute Gasteiger partial charge is 0.225 e. The molecule has 1 spiro atoms. The summed E-state index contributed by atoms with van der Waals surface area (Å²) in [4.78, 5) is 18.7. The van der Waals surface area contributed by atoms with Crippen LogP contribution < -0.4 is 10.1 Å². The lowest BCUT2D eigenvalue weighted by atomic mass is 9.79. The largest absolute Gasteiger partial charge is 0.497 e. The molecule has 2 aromatic rings. The van der Waals surface area contributed by atoms with E-state index in [2.05, 4.69) is 27.3 Å². The number of methoxy groups -OCH3 is 1. The SMILES string of the molecule is COc1ccc2[nH]c3c(c2c1)CCNC31CCN(C(=O)C2CCOCC2)CC1. The van der Waals surface area contributed by atoms with E-state index in [1.807, 2.05) is 6.07 Å². The van der Waals surface area contributed by atoms with Gasteiger partial charge in [-0.25, -0.2) is 0 Å². The molecule has 0 aliphatic carbocycles. The summed E-state index contributed by atoms with van der Waals surface area (Å²) in [6, 6.07) is 6.27. The van der Waals surface area contributed by atoms with Crippen LogP contribution in [-0.2, 0) is 21.5 Å². The van der Waals surface area contributed by atoms with Crippen molar-refractivity contribution in [2.24, 2.45) is 5.92 Å². The Morgan fingerprint density at radius 1 is 1.25 bits per heavy atom. The lowest BCUT2D eigenvalue weighted by molar-refractivity contribution is -0.140. The van der Waals surface area contributed by atoms with Crippen molar-refractivity contribution in [1.82, 2.24) is 15.2 Å². The van der Waals surface area contributed by atoms with E-state index in [9.17, 15) is 4.79 Å². The molecule has 2 fully saturated rings. The fraction of sp³-hybridized carbons (Fsp3) is 0.591. The van der Waals surface area contributed by atoms with Crippen LogP contribution >= 0.6 is 0 Å². The van der Waals surface area contributed by atoms with Gasteiger partial charge in [0.15, 0.2) is 0 Å². The van der Waals surface area contributed by atoms with Gasteiger partial charge in [0.1, 0.15) is 5.75 Å². The normalized spacial score (nSPS) is 22.4. The van der Waals surface area contributed by atoms with E-state index < -0.39 is 0 Å². The fourth-order valence-electron chi connectivity index (χ4n) is 5.28. The van der Waals surface area contributed by atoms with Crippen molar-refractivity contribution in [2.75, 3.05) is 40.0 Å². The summed E-state index contributed by atoms with van der Waals surface area (Å²) in [7, 11) is 1.72. The van der Waals surface area contributed by atoms with Gasteiger partial charge in [0, 0.05) is 55.4 Å². The van der Waals surface area contributed by atoms with Gasteiger partial charge in [-0.15, -0.1) is 0 Å². The Labute approximate surface area is 165 Å².